The van der Waals surface area contributed by atoms with Gasteiger partial charge in [0.25, 0.3) is 5.91 Å². The zero-order chi connectivity index (χ0) is 15.1. The molecule has 112 valence electrons. The van der Waals surface area contributed by atoms with Gasteiger partial charge in [-0.05, 0) is 31.2 Å². The van der Waals surface area contributed by atoms with Crippen LogP contribution in [0.2, 0.25) is 0 Å². The van der Waals surface area contributed by atoms with Crippen molar-refractivity contribution in [3.05, 3.63) is 40.8 Å². The first kappa shape index (κ1) is 13.7. The number of rotatable bonds is 1. The van der Waals surface area contributed by atoms with Crippen LogP contribution in [0.3, 0.4) is 0 Å². The number of aryl methyl sites for hydroxylation is 1. The highest BCUT2D eigenvalue weighted by Gasteiger charge is 2.20. The van der Waals surface area contributed by atoms with Gasteiger partial charge in [-0.2, -0.15) is 0 Å². The highest BCUT2D eigenvalue weighted by molar-refractivity contribution is 7.20. The molecule has 1 aromatic carbocycles. The Labute approximate surface area is 132 Å². The number of carbonyl (C=O) groups is 1. The fraction of sp³-hybridized carbons (Fsp3) is 0.294. The zero-order valence-corrected chi connectivity index (χ0v) is 13.2. The fourth-order valence-corrected chi connectivity index (χ4v) is 3.77. The molecule has 1 fully saturated rings. The molecule has 1 aliphatic rings. The third-order valence-corrected chi connectivity index (χ3v) is 5.00. The van der Waals surface area contributed by atoms with Crippen LogP contribution in [0, 0.1) is 6.92 Å². The molecule has 0 aliphatic carbocycles. The number of pyridine rings is 1. The molecule has 1 saturated heterocycles. The third-order valence-electron chi connectivity index (χ3n) is 3.97. The number of benzene rings is 1. The Morgan fingerprint density at radius 2 is 2.00 bits per heavy atom. The molecular formula is C17H16N2O2S. The van der Waals surface area contributed by atoms with Crippen LogP contribution in [-0.4, -0.2) is 42.1 Å². The number of hydrogen-bond acceptors (Lipinski definition) is 4. The third kappa shape index (κ3) is 2.36. The van der Waals surface area contributed by atoms with Gasteiger partial charge in [-0.3, -0.25) is 4.79 Å². The Balaban J connectivity index is 1.76. The molecule has 0 atom stereocenters. The van der Waals surface area contributed by atoms with E-state index in [0.717, 1.165) is 26.0 Å². The fourth-order valence-electron chi connectivity index (χ4n) is 2.78. The van der Waals surface area contributed by atoms with E-state index in [1.165, 1.54) is 16.9 Å². The van der Waals surface area contributed by atoms with Crippen molar-refractivity contribution in [2.24, 2.45) is 0 Å². The Kier molecular flexibility index (Phi) is 3.32. The van der Waals surface area contributed by atoms with E-state index in [1.54, 1.807) is 0 Å². The minimum Gasteiger partial charge on any atom is -0.378 e. The van der Waals surface area contributed by atoms with Crippen molar-refractivity contribution >= 4 is 38.4 Å². The molecule has 0 spiro atoms. The summed E-state index contributed by atoms with van der Waals surface area (Å²) in [6.07, 6.45) is 0. The average Bonchev–Trinajstić information content (AvgIpc) is 2.95. The number of nitrogens with zero attached hydrogens (tertiary/aromatic N) is 2. The van der Waals surface area contributed by atoms with Gasteiger partial charge in [-0.25, -0.2) is 4.98 Å². The van der Waals surface area contributed by atoms with Crippen LogP contribution in [0.25, 0.3) is 21.1 Å². The molecule has 0 unspecified atom stereocenters. The molecule has 3 heterocycles. The van der Waals surface area contributed by atoms with Crippen LogP contribution in [0.15, 0.2) is 30.3 Å². The summed E-state index contributed by atoms with van der Waals surface area (Å²) >= 11 is 1.47. The Morgan fingerprint density at radius 3 is 2.82 bits per heavy atom. The Bertz CT molecular complexity index is 866. The van der Waals surface area contributed by atoms with Gasteiger partial charge < -0.3 is 9.64 Å². The van der Waals surface area contributed by atoms with Crippen LogP contribution in [0.4, 0.5) is 0 Å². The molecule has 4 rings (SSSR count). The number of amides is 1. The molecular weight excluding hydrogens is 296 g/mol. The largest absolute Gasteiger partial charge is 0.378 e. The monoisotopic (exact) mass is 312 g/mol. The van der Waals surface area contributed by atoms with Crippen molar-refractivity contribution in [1.82, 2.24) is 9.88 Å². The predicted octanol–water partition coefficient (Wildman–Crippen LogP) is 3.23. The molecule has 0 radical (unpaired) electrons. The van der Waals surface area contributed by atoms with Crippen LogP contribution in [0.5, 0.6) is 0 Å². The first-order valence-electron chi connectivity index (χ1n) is 7.39. The van der Waals surface area contributed by atoms with Crippen LogP contribution < -0.4 is 0 Å². The summed E-state index contributed by atoms with van der Waals surface area (Å²) in [5.74, 6) is 0.0894. The van der Waals surface area contributed by atoms with E-state index in [9.17, 15) is 4.79 Å². The van der Waals surface area contributed by atoms with Gasteiger partial charge in [0.15, 0.2) is 0 Å². The van der Waals surface area contributed by atoms with E-state index in [4.69, 9.17) is 9.72 Å². The number of thiophene rings is 1. The van der Waals surface area contributed by atoms with E-state index < -0.39 is 0 Å². The maximum atomic E-state index is 12.6. The molecule has 5 heteroatoms. The number of fused-ring (bicyclic) bond motifs is 2. The molecule has 4 nitrogen and oxygen atoms in total. The summed E-state index contributed by atoms with van der Waals surface area (Å²) in [5, 5.41) is 2.16. The topological polar surface area (TPSA) is 42.4 Å². The first-order chi connectivity index (χ1) is 10.7. The Morgan fingerprint density at radius 1 is 1.18 bits per heavy atom. The van der Waals surface area contributed by atoms with Gasteiger partial charge in [0.2, 0.25) is 0 Å². The SMILES string of the molecule is Cc1ccc2nc3sc(C(=O)N4CCOCC4)cc3cc2c1. The van der Waals surface area contributed by atoms with Crippen LogP contribution in [-0.2, 0) is 4.74 Å². The van der Waals surface area contributed by atoms with Gasteiger partial charge in [0.1, 0.15) is 4.83 Å². The number of morpholine rings is 1. The molecule has 22 heavy (non-hydrogen) atoms. The van der Waals surface area contributed by atoms with E-state index in [2.05, 4.69) is 25.1 Å². The van der Waals surface area contributed by atoms with E-state index in [-0.39, 0.29) is 5.91 Å². The summed E-state index contributed by atoms with van der Waals surface area (Å²) < 4.78 is 5.31. The summed E-state index contributed by atoms with van der Waals surface area (Å²) in [7, 11) is 0. The quantitative estimate of drug-likeness (QED) is 0.693. The minimum atomic E-state index is 0.0894. The van der Waals surface area contributed by atoms with Crippen LogP contribution >= 0.6 is 11.3 Å². The van der Waals surface area contributed by atoms with Crippen molar-refractivity contribution < 1.29 is 9.53 Å². The summed E-state index contributed by atoms with van der Waals surface area (Å²) in [6.45, 7) is 4.66. The van der Waals surface area contributed by atoms with Gasteiger partial charge in [-0.15, -0.1) is 11.3 Å². The second-order valence-corrected chi connectivity index (χ2v) is 6.62. The lowest BCUT2D eigenvalue weighted by molar-refractivity contribution is 0.0306. The molecule has 1 amide bonds. The van der Waals surface area contributed by atoms with E-state index in [0.29, 0.717) is 26.3 Å². The second kappa shape index (κ2) is 5.34. The van der Waals surface area contributed by atoms with Gasteiger partial charge in [0, 0.05) is 23.9 Å². The van der Waals surface area contributed by atoms with Crippen molar-refractivity contribution in [3.63, 3.8) is 0 Å². The highest BCUT2D eigenvalue weighted by Crippen LogP contribution is 2.28. The number of ether oxygens (including phenoxy) is 1. The molecule has 0 saturated carbocycles. The van der Waals surface area contributed by atoms with Gasteiger partial charge in [0.05, 0.1) is 23.6 Å². The summed E-state index contributed by atoms with van der Waals surface area (Å²) in [4.78, 5) is 20.8. The minimum absolute atomic E-state index is 0.0894. The lowest BCUT2D eigenvalue weighted by Crippen LogP contribution is -2.40. The lowest BCUT2D eigenvalue weighted by atomic mass is 10.1. The maximum absolute atomic E-state index is 12.6. The zero-order valence-electron chi connectivity index (χ0n) is 12.3. The molecule has 0 N–H and O–H groups in total. The van der Waals surface area contributed by atoms with Crippen molar-refractivity contribution in [3.8, 4) is 0 Å². The summed E-state index contributed by atoms with van der Waals surface area (Å²) in [6, 6.07) is 10.3. The number of aromatic nitrogens is 1. The van der Waals surface area contributed by atoms with Crippen LogP contribution in [0.1, 0.15) is 15.2 Å². The predicted molar refractivity (Wildman–Crippen MR) is 88.6 cm³/mol. The number of hydrogen-bond donors (Lipinski definition) is 0. The smallest absolute Gasteiger partial charge is 0.264 e. The first-order valence-corrected chi connectivity index (χ1v) is 8.20. The maximum Gasteiger partial charge on any atom is 0.264 e. The van der Waals surface area contributed by atoms with Crippen molar-refractivity contribution in [2.75, 3.05) is 26.3 Å². The molecule has 2 aromatic heterocycles. The van der Waals surface area contributed by atoms with E-state index >= 15 is 0 Å². The van der Waals surface area contributed by atoms with E-state index in [1.807, 2.05) is 17.0 Å². The van der Waals surface area contributed by atoms with Crippen molar-refractivity contribution in [1.29, 1.82) is 0 Å². The Hall–Kier alpha value is -1.98. The highest BCUT2D eigenvalue weighted by atomic mass is 32.1. The lowest BCUT2D eigenvalue weighted by Gasteiger charge is -2.26. The average molecular weight is 312 g/mol. The molecule has 3 aromatic rings. The number of carbonyl (C=O) groups excluding carboxylic acids is 1. The molecule has 0 bridgehead atoms. The summed E-state index contributed by atoms with van der Waals surface area (Å²) in [5.41, 5.74) is 2.19. The second-order valence-electron chi connectivity index (χ2n) is 5.59. The standard InChI is InChI=1S/C17H16N2O2S/c1-11-2-3-14-12(8-11)9-13-10-15(22-16(13)18-14)17(20)19-4-6-21-7-5-19/h2-3,8-10H,4-7H2,1H3. The van der Waals surface area contributed by atoms with Crippen molar-refractivity contribution in [2.45, 2.75) is 6.92 Å². The van der Waals surface area contributed by atoms with Gasteiger partial charge in [-0.1, -0.05) is 11.6 Å². The normalized spacial score (nSPS) is 15.6. The van der Waals surface area contributed by atoms with Gasteiger partial charge >= 0.3 is 0 Å². The molecule has 1 aliphatic heterocycles.